The van der Waals surface area contributed by atoms with Gasteiger partial charge in [0, 0.05) is 13.1 Å². The molecule has 1 heterocycles. The zero-order chi connectivity index (χ0) is 14.5. The van der Waals surface area contributed by atoms with Crippen LogP contribution in [0, 0.1) is 0 Å². The Labute approximate surface area is 123 Å². The summed E-state index contributed by atoms with van der Waals surface area (Å²) in [7, 11) is 0. The molecule has 5 nitrogen and oxygen atoms in total. The number of nitrogens with zero attached hydrogens (tertiary/aromatic N) is 1. The molecule has 1 aromatic rings. The second kappa shape index (κ2) is 6.81. The number of aliphatic hydroxyl groups excluding tert-OH is 1. The number of halogens is 1. The molecule has 0 aliphatic carbocycles. The minimum absolute atomic E-state index is 0.0162. The lowest BCUT2D eigenvalue weighted by Crippen LogP contribution is -2.56. The highest BCUT2D eigenvalue weighted by Gasteiger charge is 2.31. The fourth-order valence-corrected chi connectivity index (χ4v) is 2.36. The fourth-order valence-electron chi connectivity index (χ4n) is 2.10. The molecule has 1 aliphatic heterocycles. The molecule has 0 spiro atoms. The van der Waals surface area contributed by atoms with Gasteiger partial charge in [-0.15, -0.1) is 0 Å². The Balaban J connectivity index is 1.87. The first-order chi connectivity index (χ1) is 9.65. The third-order valence-corrected chi connectivity index (χ3v) is 3.65. The molecule has 2 N–H and O–H groups in total. The summed E-state index contributed by atoms with van der Waals surface area (Å²) in [4.78, 5) is 13.5. The third-order valence-electron chi connectivity index (χ3n) is 3.36. The van der Waals surface area contributed by atoms with Crippen molar-refractivity contribution >= 4 is 17.6 Å². The summed E-state index contributed by atoms with van der Waals surface area (Å²) in [6.07, 6.45) is 0.860. The van der Waals surface area contributed by atoms with E-state index in [2.05, 4.69) is 5.32 Å². The van der Waals surface area contributed by atoms with E-state index in [-0.39, 0.29) is 18.7 Å². The lowest BCUT2D eigenvalue weighted by Gasteiger charge is -2.39. The van der Waals surface area contributed by atoms with Gasteiger partial charge in [-0.05, 0) is 31.0 Å². The van der Waals surface area contributed by atoms with E-state index < -0.39 is 0 Å². The fraction of sp³-hybridized carbons (Fsp3) is 0.500. The summed E-state index contributed by atoms with van der Waals surface area (Å²) in [5.41, 5.74) is 0.910. The van der Waals surface area contributed by atoms with E-state index in [9.17, 15) is 4.79 Å². The van der Waals surface area contributed by atoms with Gasteiger partial charge in [-0.2, -0.15) is 0 Å². The summed E-state index contributed by atoms with van der Waals surface area (Å²) in [6.45, 7) is 3.57. The molecule has 0 bridgehead atoms. The Morgan fingerprint density at radius 3 is 2.95 bits per heavy atom. The van der Waals surface area contributed by atoms with Crippen LogP contribution in [-0.4, -0.2) is 41.8 Å². The molecule has 2 amide bonds. The van der Waals surface area contributed by atoms with Crippen molar-refractivity contribution in [2.45, 2.75) is 25.9 Å². The van der Waals surface area contributed by atoms with E-state index in [0.29, 0.717) is 30.5 Å². The first-order valence-electron chi connectivity index (χ1n) is 6.72. The second-order valence-corrected chi connectivity index (χ2v) is 5.08. The number of benzene rings is 1. The number of likely N-dealkylation sites (tertiary alicyclic amines) is 1. The Hall–Kier alpha value is -1.46. The third kappa shape index (κ3) is 3.35. The van der Waals surface area contributed by atoms with Crippen molar-refractivity contribution in [3.63, 3.8) is 0 Å². The van der Waals surface area contributed by atoms with Crippen molar-refractivity contribution in [2.75, 3.05) is 19.8 Å². The zero-order valence-corrected chi connectivity index (χ0v) is 12.2. The van der Waals surface area contributed by atoms with E-state index in [4.69, 9.17) is 21.4 Å². The molecule has 0 saturated carbocycles. The first kappa shape index (κ1) is 14.9. The largest absolute Gasteiger partial charge is 0.492 e. The number of hydrogen-bond donors (Lipinski definition) is 2. The molecule has 0 radical (unpaired) electrons. The van der Waals surface area contributed by atoms with Crippen molar-refractivity contribution in [3.05, 3.63) is 28.8 Å². The molecule has 110 valence electrons. The first-order valence-corrected chi connectivity index (χ1v) is 7.10. The summed E-state index contributed by atoms with van der Waals surface area (Å²) < 4.78 is 5.36. The predicted octanol–water partition coefficient (Wildman–Crippen LogP) is 2.01. The van der Waals surface area contributed by atoms with Gasteiger partial charge < -0.3 is 20.1 Å². The van der Waals surface area contributed by atoms with Crippen LogP contribution in [-0.2, 0) is 6.54 Å². The smallest absolute Gasteiger partial charge is 0.317 e. The number of carbonyl (C=O) groups is 1. The van der Waals surface area contributed by atoms with E-state index in [1.165, 1.54) is 0 Å². The van der Waals surface area contributed by atoms with Crippen LogP contribution in [0.2, 0.25) is 5.02 Å². The summed E-state index contributed by atoms with van der Waals surface area (Å²) >= 11 is 6.09. The summed E-state index contributed by atoms with van der Waals surface area (Å²) in [6, 6.07) is 5.26. The standard InChI is InChI=1S/C14H19ClN2O3/c1-2-20-13-4-3-10(7-12(13)15)8-16-14(19)17-6-5-11(17)9-18/h3-4,7,11,18H,2,5-6,8-9H2,1H3,(H,16,19). The van der Waals surface area contributed by atoms with Crippen molar-refractivity contribution in [1.29, 1.82) is 0 Å². The van der Waals surface area contributed by atoms with Crippen molar-refractivity contribution in [3.8, 4) is 5.75 Å². The maximum atomic E-state index is 11.9. The number of carbonyl (C=O) groups excluding carboxylic acids is 1. The van der Waals surface area contributed by atoms with Gasteiger partial charge in [-0.3, -0.25) is 0 Å². The molecule has 1 fully saturated rings. The lowest BCUT2D eigenvalue weighted by molar-refractivity contribution is 0.0700. The highest BCUT2D eigenvalue weighted by Crippen LogP contribution is 2.25. The van der Waals surface area contributed by atoms with Crippen LogP contribution < -0.4 is 10.1 Å². The molecule has 1 unspecified atom stereocenters. The molecule has 0 aromatic heterocycles. The average Bonchev–Trinajstić information content (AvgIpc) is 2.39. The van der Waals surface area contributed by atoms with Gasteiger partial charge in [0.1, 0.15) is 5.75 Å². The number of nitrogens with one attached hydrogen (secondary N) is 1. The highest BCUT2D eigenvalue weighted by atomic mass is 35.5. The number of ether oxygens (including phenoxy) is 1. The van der Waals surface area contributed by atoms with Crippen LogP contribution in [0.25, 0.3) is 0 Å². The van der Waals surface area contributed by atoms with Crippen molar-refractivity contribution < 1.29 is 14.6 Å². The lowest BCUT2D eigenvalue weighted by atomic mass is 10.1. The Kier molecular flexibility index (Phi) is 5.09. The Morgan fingerprint density at radius 1 is 1.60 bits per heavy atom. The Bertz CT molecular complexity index is 479. The van der Waals surface area contributed by atoms with E-state index >= 15 is 0 Å². The molecule has 1 aromatic carbocycles. The molecule has 20 heavy (non-hydrogen) atoms. The van der Waals surface area contributed by atoms with Gasteiger partial charge in [-0.25, -0.2) is 4.79 Å². The maximum Gasteiger partial charge on any atom is 0.317 e. The number of amides is 2. The van der Waals surface area contributed by atoms with Crippen LogP contribution in [0.15, 0.2) is 18.2 Å². The van der Waals surface area contributed by atoms with Gasteiger partial charge in [0.25, 0.3) is 0 Å². The molecule has 1 saturated heterocycles. The van der Waals surface area contributed by atoms with Gasteiger partial charge in [-0.1, -0.05) is 17.7 Å². The molecule has 6 heteroatoms. The van der Waals surface area contributed by atoms with Crippen LogP contribution in [0.4, 0.5) is 4.79 Å². The van der Waals surface area contributed by atoms with Crippen LogP contribution >= 0.6 is 11.6 Å². The highest BCUT2D eigenvalue weighted by molar-refractivity contribution is 6.32. The van der Waals surface area contributed by atoms with Crippen molar-refractivity contribution in [2.24, 2.45) is 0 Å². The minimum atomic E-state index is -0.152. The van der Waals surface area contributed by atoms with Gasteiger partial charge in [0.05, 0.1) is 24.3 Å². The predicted molar refractivity (Wildman–Crippen MR) is 77.1 cm³/mol. The summed E-state index contributed by atoms with van der Waals surface area (Å²) in [5, 5.41) is 12.4. The molecule has 1 aliphatic rings. The van der Waals surface area contributed by atoms with E-state index in [0.717, 1.165) is 12.0 Å². The van der Waals surface area contributed by atoms with Gasteiger partial charge >= 0.3 is 6.03 Å². The number of aliphatic hydroxyl groups is 1. The Morgan fingerprint density at radius 2 is 2.40 bits per heavy atom. The number of hydrogen-bond acceptors (Lipinski definition) is 3. The van der Waals surface area contributed by atoms with Crippen LogP contribution in [0.5, 0.6) is 5.75 Å². The number of rotatable bonds is 5. The average molecular weight is 299 g/mol. The second-order valence-electron chi connectivity index (χ2n) is 4.67. The van der Waals surface area contributed by atoms with Gasteiger partial charge in [0.2, 0.25) is 0 Å². The molecular weight excluding hydrogens is 280 g/mol. The minimum Gasteiger partial charge on any atom is -0.492 e. The van der Waals surface area contributed by atoms with Crippen molar-refractivity contribution in [1.82, 2.24) is 10.2 Å². The topological polar surface area (TPSA) is 61.8 Å². The molecule has 1 atom stereocenters. The zero-order valence-electron chi connectivity index (χ0n) is 11.4. The van der Waals surface area contributed by atoms with Gasteiger partial charge in [0.15, 0.2) is 0 Å². The monoisotopic (exact) mass is 298 g/mol. The molecule has 2 rings (SSSR count). The van der Waals surface area contributed by atoms with Crippen LogP contribution in [0.1, 0.15) is 18.9 Å². The number of urea groups is 1. The van der Waals surface area contributed by atoms with E-state index in [1.807, 2.05) is 13.0 Å². The normalized spacial score (nSPS) is 17.6. The summed E-state index contributed by atoms with van der Waals surface area (Å²) in [5.74, 6) is 0.646. The molecular formula is C14H19ClN2O3. The quantitative estimate of drug-likeness (QED) is 0.874. The van der Waals surface area contributed by atoms with Crippen LogP contribution in [0.3, 0.4) is 0 Å². The SMILES string of the molecule is CCOc1ccc(CNC(=O)N2CCC2CO)cc1Cl. The maximum absolute atomic E-state index is 11.9. The van der Waals surface area contributed by atoms with E-state index in [1.54, 1.807) is 17.0 Å².